The molecule has 0 saturated carbocycles. The van der Waals surface area contributed by atoms with Gasteiger partial charge in [-0.05, 0) is 37.1 Å². The first-order valence-corrected chi connectivity index (χ1v) is 5.59. The van der Waals surface area contributed by atoms with E-state index in [9.17, 15) is 4.79 Å². The molecule has 15 heavy (non-hydrogen) atoms. The Kier molecular flexibility index (Phi) is 4.99. The van der Waals surface area contributed by atoms with Crippen molar-refractivity contribution < 1.29 is 9.53 Å². The molecule has 0 aliphatic carbocycles. The Morgan fingerprint density at radius 2 is 2.27 bits per heavy atom. The van der Waals surface area contributed by atoms with Crippen molar-refractivity contribution in [3.8, 4) is 0 Å². The molecule has 4 heteroatoms. The van der Waals surface area contributed by atoms with Crippen LogP contribution >= 0.6 is 24.2 Å². The molecule has 0 aliphatic heterocycles. The van der Waals surface area contributed by atoms with Crippen LogP contribution < -0.4 is 0 Å². The Bertz CT molecular complexity index is 352. The van der Waals surface area contributed by atoms with E-state index in [0.29, 0.717) is 24.5 Å². The summed E-state index contributed by atoms with van der Waals surface area (Å²) in [4.78, 5) is 12.0. The maximum atomic E-state index is 11.1. The first-order chi connectivity index (χ1) is 7.13. The van der Waals surface area contributed by atoms with Gasteiger partial charge in [0.15, 0.2) is 0 Å². The molecule has 1 aromatic rings. The molecule has 0 unspecified atom stereocenters. The molecule has 0 saturated heterocycles. The maximum Gasteiger partial charge on any atom is 0.306 e. The molecular formula is C11H13ClO2S. The van der Waals surface area contributed by atoms with Gasteiger partial charge in [-0.1, -0.05) is 11.6 Å². The van der Waals surface area contributed by atoms with Crippen molar-refractivity contribution in [2.24, 2.45) is 0 Å². The van der Waals surface area contributed by atoms with Gasteiger partial charge in [0.1, 0.15) is 0 Å². The second-order valence-corrected chi connectivity index (χ2v) is 4.00. The van der Waals surface area contributed by atoms with Crippen LogP contribution in [0.3, 0.4) is 0 Å². The Morgan fingerprint density at radius 3 is 2.93 bits per heavy atom. The van der Waals surface area contributed by atoms with Crippen LogP contribution in [0.4, 0.5) is 0 Å². The highest BCUT2D eigenvalue weighted by Gasteiger charge is 2.05. The minimum Gasteiger partial charge on any atom is -0.466 e. The molecule has 1 rings (SSSR count). The Labute approximate surface area is 100.0 Å². The van der Waals surface area contributed by atoms with E-state index in [1.807, 2.05) is 12.1 Å². The normalized spacial score (nSPS) is 10.1. The van der Waals surface area contributed by atoms with Gasteiger partial charge in [-0.2, -0.15) is 0 Å². The fourth-order valence-electron chi connectivity index (χ4n) is 1.22. The van der Waals surface area contributed by atoms with Crippen molar-refractivity contribution in [2.45, 2.75) is 24.7 Å². The predicted octanol–water partition coefficient (Wildman–Crippen LogP) is 3.12. The number of benzene rings is 1. The molecule has 0 aliphatic rings. The third-order valence-corrected chi connectivity index (χ3v) is 2.58. The van der Waals surface area contributed by atoms with Gasteiger partial charge in [0.2, 0.25) is 0 Å². The molecule has 2 nitrogen and oxygen atoms in total. The number of ether oxygens (including phenoxy) is 1. The fourth-order valence-corrected chi connectivity index (χ4v) is 1.67. The minimum absolute atomic E-state index is 0.196. The number of esters is 1. The van der Waals surface area contributed by atoms with Crippen LogP contribution in [-0.4, -0.2) is 12.6 Å². The molecule has 0 N–H and O–H groups in total. The number of carbonyl (C=O) groups is 1. The number of hydrogen-bond donors (Lipinski definition) is 1. The van der Waals surface area contributed by atoms with Gasteiger partial charge in [-0.3, -0.25) is 4.79 Å². The van der Waals surface area contributed by atoms with Crippen molar-refractivity contribution in [3.63, 3.8) is 0 Å². The van der Waals surface area contributed by atoms with E-state index in [2.05, 4.69) is 12.6 Å². The zero-order valence-corrected chi connectivity index (χ0v) is 10.1. The highest BCUT2D eigenvalue weighted by Crippen LogP contribution is 2.20. The minimum atomic E-state index is -0.196. The summed E-state index contributed by atoms with van der Waals surface area (Å²) in [5.74, 6) is -0.196. The van der Waals surface area contributed by atoms with Crippen LogP contribution in [0.15, 0.2) is 23.1 Å². The number of aryl methyl sites for hydroxylation is 1. The Morgan fingerprint density at radius 1 is 1.53 bits per heavy atom. The van der Waals surface area contributed by atoms with Crippen LogP contribution in [0.1, 0.15) is 18.9 Å². The number of carbonyl (C=O) groups excluding carboxylic acids is 1. The predicted molar refractivity (Wildman–Crippen MR) is 63.7 cm³/mol. The van der Waals surface area contributed by atoms with E-state index in [-0.39, 0.29) is 5.97 Å². The third-order valence-electron chi connectivity index (χ3n) is 1.93. The smallest absolute Gasteiger partial charge is 0.306 e. The highest BCUT2D eigenvalue weighted by molar-refractivity contribution is 7.80. The lowest BCUT2D eigenvalue weighted by atomic mass is 10.1. The van der Waals surface area contributed by atoms with Gasteiger partial charge < -0.3 is 4.74 Å². The van der Waals surface area contributed by atoms with Crippen molar-refractivity contribution in [1.82, 2.24) is 0 Å². The van der Waals surface area contributed by atoms with E-state index >= 15 is 0 Å². The average molecular weight is 245 g/mol. The van der Waals surface area contributed by atoms with Crippen molar-refractivity contribution >= 4 is 30.2 Å². The SMILES string of the molecule is CCOC(=O)CCc1cc(S)ccc1Cl. The molecule has 0 bridgehead atoms. The number of hydrogen-bond acceptors (Lipinski definition) is 3. The molecule has 0 fully saturated rings. The number of halogens is 1. The molecule has 0 atom stereocenters. The Balaban J connectivity index is 2.57. The molecule has 0 radical (unpaired) electrons. The summed E-state index contributed by atoms with van der Waals surface area (Å²) < 4.78 is 4.83. The highest BCUT2D eigenvalue weighted by atomic mass is 35.5. The standard InChI is InChI=1S/C11H13ClO2S/c1-2-14-11(13)6-3-8-7-9(15)4-5-10(8)12/h4-5,7,15H,2-3,6H2,1H3. The van der Waals surface area contributed by atoms with E-state index in [1.54, 1.807) is 13.0 Å². The van der Waals surface area contributed by atoms with Gasteiger partial charge in [0.05, 0.1) is 6.61 Å². The number of rotatable bonds is 4. The molecule has 0 aromatic heterocycles. The van der Waals surface area contributed by atoms with Crippen molar-refractivity contribution in [3.05, 3.63) is 28.8 Å². The van der Waals surface area contributed by atoms with Gasteiger partial charge in [-0.15, -0.1) is 12.6 Å². The molecule has 0 heterocycles. The van der Waals surface area contributed by atoms with Gasteiger partial charge in [0.25, 0.3) is 0 Å². The second-order valence-electron chi connectivity index (χ2n) is 3.08. The lowest BCUT2D eigenvalue weighted by molar-refractivity contribution is -0.143. The monoisotopic (exact) mass is 244 g/mol. The van der Waals surface area contributed by atoms with Crippen LogP contribution in [0, 0.1) is 0 Å². The van der Waals surface area contributed by atoms with Gasteiger partial charge >= 0.3 is 5.97 Å². The van der Waals surface area contributed by atoms with Crippen LogP contribution in [0.5, 0.6) is 0 Å². The molecule has 82 valence electrons. The largest absolute Gasteiger partial charge is 0.466 e. The molecule has 0 spiro atoms. The lowest BCUT2D eigenvalue weighted by Gasteiger charge is -2.05. The molecule has 0 amide bonds. The number of thiol groups is 1. The zero-order valence-electron chi connectivity index (χ0n) is 8.50. The average Bonchev–Trinajstić information content (AvgIpc) is 2.20. The quantitative estimate of drug-likeness (QED) is 0.651. The first-order valence-electron chi connectivity index (χ1n) is 4.76. The summed E-state index contributed by atoms with van der Waals surface area (Å²) in [6.07, 6.45) is 0.941. The third kappa shape index (κ3) is 4.14. The van der Waals surface area contributed by atoms with E-state index in [0.717, 1.165) is 10.5 Å². The second kappa shape index (κ2) is 6.03. The molecular weight excluding hydrogens is 232 g/mol. The van der Waals surface area contributed by atoms with Gasteiger partial charge in [0, 0.05) is 16.3 Å². The lowest BCUT2D eigenvalue weighted by Crippen LogP contribution is -2.05. The van der Waals surface area contributed by atoms with Gasteiger partial charge in [-0.25, -0.2) is 0 Å². The van der Waals surface area contributed by atoms with Crippen molar-refractivity contribution in [2.75, 3.05) is 6.61 Å². The van der Waals surface area contributed by atoms with Crippen LogP contribution in [0.25, 0.3) is 0 Å². The van der Waals surface area contributed by atoms with Crippen molar-refractivity contribution in [1.29, 1.82) is 0 Å². The fraction of sp³-hybridized carbons (Fsp3) is 0.364. The van der Waals surface area contributed by atoms with E-state index < -0.39 is 0 Å². The summed E-state index contributed by atoms with van der Waals surface area (Å²) >= 11 is 10.2. The molecule has 1 aromatic carbocycles. The van der Waals surface area contributed by atoms with E-state index in [1.165, 1.54) is 0 Å². The maximum absolute atomic E-state index is 11.1. The Hall–Kier alpha value is -0.670. The van der Waals surface area contributed by atoms with Crippen LogP contribution in [-0.2, 0) is 16.0 Å². The summed E-state index contributed by atoms with van der Waals surface area (Å²) in [7, 11) is 0. The summed E-state index contributed by atoms with van der Waals surface area (Å²) in [6, 6.07) is 5.47. The zero-order chi connectivity index (χ0) is 11.3. The summed E-state index contributed by atoms with van der Waals surface area (Å²) in [5.41, 5.74) is 0.928. The topological polar surface area (TPSA) is 26.3 Å². The summed E-state index contributed by atoms with van der Waals surface area (Å²) in [6.45, 7) is 2.21. The van der Waals surface area contributed by atoms with E-state index in [4.69, 9.17) is 16.3 Å². The van der Waals surface area contributed by atoms with Crippen LogP contribution in [0.2, 0.25) is 5.02 Å². The first kappa shape index (κ1) is 12.4. The summed E-state index contributed by atoms with van der Waals surface area (Å²) in [5, 5.41) is 0.664.